The summed E-state index contributed by atoms with van der Waals surface area (Å²) < 4.78 is 66.1. The summed E-state index contributed by atoms with van der Waals surface area (Å²) in [5.41, 5.74) is 0.888. The summed E-state index contributed by atoms with van der Waals surface area (Å²) in [4.78, 5) is 19.3. The fraction of sp³-hybridized carbons (Fsp3) is 0.541. The number of piperidine rings is 1. The van der Waals surface area contributed by atoms with Crippen LogP contribution in [0.25, 0.3) is 32.9 Å². The van der Waals surface area contributed by atoms with Crippen LogP contribution in [0.2, 0.25) is 0 Å². The van der Waals surface area contributed by atoms with Gasteiger partial charge in [-0.3, -0.25) is 0 Å². The topological polar surface area (TPSA) is 66.4 Å². The van der Waals surface area contributed by atoms with Gasteiger partial charge >= 0.3 is 6.01 Å². The number of aryl methyl sites for hydroxylation is 2. The molecule has 0 radical (unpaired) electrons. The summed E-state index contributed by atoms with van der Waals surface area (Å²) in [6, 6.07) is 8.82. The van der Waals surface area contributed by atoms with E-state index in [9.17, 15) is 13.2 Å². The summed E-state index contributed by atoms with van der Waals surface area (Å²) >= 11 is 0. The Morgan fingerprint density at radius 2 is 1.73 bits per heavy atom. The van der Waals surface area contributed by atoms with Crippen LogP contribution >= 0.6 is 0 Å². The van der Waals surface area contributed by atoms with Gasteiger partial charge in [0.05, 0.1) is 23.2 Å². The van der Waals surface area contributed by atoms with E-state index >= 15 is 4.39 Å². The van der Waals surface area contributed by atoms with Crippen LogP contribution < -0.4 is 15.0 Å². The second-order valence-corrected chi connectivity index (χ2v) is 15.4. The SMILES string of the molecule is Cc1c(F)ccc2cccc(-c3nc4c5c(nc(OCC6(CN7CCC8(CC7)CC8(F)F)CC6)nc5c3F)N3CCNCC3(C)CC4)c12. The highest BCUT2D eigenvalue weighted by molar-refractivity contribution is 6.01. The summed E-state index contributed by atoms with van der Waals surface area (Å²) in [7, 11) is 0. The number of anilines is 1. The zero-order valence-electron chi connectivity index (χ0n) is 27.4. The van der Waals surface area contributed by atoms with Crippen LogP contribution in [0.3, 0.4) is 0 Å². The lowest BCUT2D eigenvalue weighted by Crippen LogP contribution is -2.60. The van der Waals surface area contributed by atoms with Crippen LogP contribution in [0, 0.1) is 29.4 Å². The first kappa shape index (κ1) is 30.5. The molecule has 2 aromatic carbocycles. The molecule has 1 unspecified atom stereocenters. The number of halogens is 4. The van der Waals surface area contributed by atoms with Crippen molar-refractivity contribution in [2.45, 2.75) is 70.3 Å². The smallest absolute Gasteiger partial charge is 0.319 e. The van der Waals surface area contributed by atoms with Crippen molar-refractivity contribution in [2.75, 3.05) is 50.8 Å². The average Bonchev–Trinajstić information content (AvgIpc) is 3.97. The molecule has 0 bridgehead atoms. The first-order chi connectivity index (χ1) is 23.0. The molecule has 4 fully saturated rings. The van der Waals surface area contributed by atoms with Gasteiger partial charge < -0.3 is 19.9 Å². The molecule has 2 aliphatic carbocycles. The number of fused-ring (bicyclic) bond motifs is 3. The van der Waals surface area contributed by atoms with Crippen LogP contribution in [0.15, 0.2) is 30.3 Å². The lowest BCUT2D eigenvalue weighted by atomic mass is 9.92. The Labute approximate surface area is 277 Å². The third-order valence-electron chi connectivity index (χ3n) is 12.2. The number of likely N-dealkylation sites (tertiary alicyclic amines) is 1. The zero-order chi connectivity index (χ0) is 33.1. The molecule has 4 aromatic rings. The van der Waals surface area contributed by atoms with E-state index < -0.39 is 17.2 Å². The van der Waals surface area contributed by atoms with Crippen molar-refractivity contribution in [3.63, 3.8) is 0 Å². The van der Waals surface area contributed by atoms with Crippen molar-refractivity contribution >= 4 is 27.5 Å². The van der Waals surface area contributed by atoms with E-state index in [2.05, 4.69) is 22.0 Å². The number of alkyl halides is 2. The lowest BCUT2D eigenvalue weighted by Gasteiger charge is -2.45. The molecule has 1 atom stereocenters. The Morgan fingerprint density at radius 1 is 0.938 bits per heavy atom. The monoisotopic (exact) mass is 660 g/mol. The molecule has 7 nitrogen and oxygen atoms in total. The van der Waals surface area contributed by atoms with Gasteiger partial charge in [-0.05, 0) is 87.9 Å². The molecule has 9 rings (SSSR count). The quantitative estimate of drug-likeness (QED) is 0.228. The van der Waals surface area contributed by atoms with Gasteiger partial charge in [-0.25, -0.2) is 22.5 Å². The molecule has 2 saturated heterocycles. The molecule has 0 amide bonds. The van der Waals surface area contributed by atoms with E-state index in [1.54, 1.807) is 19.1 Å². The maximum Gasteiger partial charge on any atom is 0.319 e. The number of hydrogen-bond donors (Lipinski definition) is 1. The van der Waals surface area contributed by atoms with Crippen LogP contribution in [0.1, 0.15) is 56.7 Å². The molecule has 252 valence electrons. The third-order valence-corrected chi connectivity index (χ3v) is 12.2. The predicted molar refractivity (Wildman–Crippen MR) is 177 cm³/mol. The van der Waals surface area contributed by atoms with Gasteiger partial charge in [0.25, 0.3) is 5.92 Å². The molecular weight excluding hydrogens is 620 g/mol. The van der Waals surface area contributed by atoms with Gasteiger partial charge in [-0.2, -0.15) is 9.97 Å². The summed E-state index contributed by atoms with van der Waals surface area (Å²) in [6.45, 7) is 8.66. The maximum absolute atomic E-state index is 17.0. The maximum atomic E-state index is 17.0. The minimum Gasteiger partial charge on any atom is -0.463 e. The number of benzene rings is 2. The summed E-state index contributed by atoms with van der Waals surface area (Å²) in [5.74, 6) is -2.78. The predicted octanol–water partition coefficient (Wildman–Crippen LogP) is 6.83. The van der Waals surface area contributed by atoms with Crippen molar-refractivity contribution in [3.8, 4) is 17.3 Å². The first-order valence-electron chi connectivity index (χ1n) is 17.3. The van der Waals surface area contributed by atoms with Crippen LogP contribution in [0.5, 0.6) is 6.01 Å². The lowest BCUT2D eigenvalue weighted by molar-refractivity contribution is 0.0251. The molecule has 5 aliphatic rings. The second kappa shape index (κ2) is 10.5. The van der Waals surface area contributed by atoms with Crippen molar-refractivity contribution in [2.24, 2.45) is 10.8 Å². The standard InChI is InChI=1S/C37H40F4N6O/c1-22-25(38)7-6-23-4-3-5-24(27(22)23)30-29(39)31-28-26(43-30)8-9-34(2)19-42-14-17-47(34)32(28)45-33(44-31)48-21-35(10-11-35)20-46-15-12-36(13-16-46)18-37(36,40)41/h3-7,42H,8-21H2,1-2H3. The van der Waals surface area contributed by atoms with E-state index in [1.165, 1.54) is 6.07 Å². The van der Waals surface area contributed by atoms with Gasteiger partial charge in [0.15, 0.2) is 5.82 Å². The van der Waals surface area contributed by atoms with Crippen molar-refractivity contribution < 1.29 is 22.3 Å². The molecule has 48 heavy (non-hydrogen) atoms. The van der Waals surface area contributed by atoms with E-state index in [1.807, 2.05) is 12.1 Å². The minimum atomic E-state index is -2.50. The third kappa shape index (κ3) is 4.70. The number of aromatic nitrogens is 3. The summed E-state index contributed by atoms with van der Waals surface area (Å²) in [6.07, 6.45) is 4.46. The highest BCUT2D eigenvalue weighted by Crippen LogP contribution is 2.66. The Balaban J connectivity index is 1.09. The number of pyridine rings is 1. The van der Waals surface area contributed by atoms with E-state index in [0.29, 0.717) is 73.2 Å². The normalized spacial score (nSPS) is 25.2. The Hall–Kier alpha value is -3.57. The van der Waals surface area contributed by atoms with Crippen molar-refractivity contribution in [1.29, 1.82) is 0 Å². The van der Waals surface area contributed by atoms with E-state index in [-0.39, 0.29) is 40.4 Å². The minimum absolute atomic E-state index is 0.0301. The number of nitrogens with one attached hydrogen (secondary N) is 1. The van der Waals surface area contributed by atoms with Crippen molar-refractivity contribution in [1.82, 2.24) is 25.2 Å². The highest BCUT2D eigenvalue weighted by Gasteiger charge is 2.70. The van der Waals surface area contributed by atoms with Gasteiger partial charge in [0.1, 0.15) is 22.8 Å². The Kier molecular flexibility index (Phi) is 6.65. The van der Waals surface area contributed by atoms with Gasteiger partial charge in [0, 0.05) is 49.0 Å². The molecule has 2 saturated carbocycles. The largest absolute Gasteiger partial charge is 0.463 e. The molecular formula is C37H40F4N6O. The molecule has 1 spiro atoms. The number of piperazine rings is 1. The zero-order valence-corrected chi connectivity index (χ0v) is 27.4. The van der Waals surface area contributed by atoms with Crippen LogP contribution in [-0.2, 0) is 6.42 Å². The number of nitrogens with zero attached hydrogens (tertiary/aromatic N) is 5. The number of hydrogen-bond acceptors (Lipinski definition) is 7. The fourth-order valence-electron chi connectivity index (χ4n) is 8.72. The molecule has 11 heteroatoms. The van der Waals surface area contributed by atoms with Crippen molar-refractivity contribution in [3.05, 3.63) is 53.2 Å². The van der Waals surface area contributed by atoms with Crippen LogP contribution in [-0.4, -0.2) is 77.2 Å². The van der Waals surface area contributed by atoms with Gasteiger partial charge in [-0.15, -0.1) is 0 Å². The molecule has 1 N–H and O–H groups in total. The number of ether oxygens (including phenoxy) is 1. The Morgan fingerprint density at radius 3 is 2.48 bits per heavy atom. The van der Waals surface area contributed by atoms with Gasteiger partial charge in [0.2, 0.25) is 0 Å². The molecule has 3 aliphatic heterocycles. The van der Waals surface area contributed by atoms with E-state index in [4.69, 9.17) is 19.7 Å². The molecule has 5 heterocycles. The first-order valence-corrected chi connectivity index (χ1v) is 17.3. The molecule has 2 aromatic heterocycles. The van der Waals surface area contributed by atoms with Gasteiger partial charge in [-0.1, -0.05) is 24.3 Å². The Bertz CT molecular complexity index is 1970. The van der Waals surface area contributed by atoms with Crippen LogP contribution in [0.4, 0.5) is 23.4 Å². The number of rotatable bonds is 6. The fourth-order valence-corrected chi connectivity index (χ4v) is 8.72. The average molecular weight is 661 g/mol. The second-order valence-electron chi connectivity index (χ2n) is 15.4. The van der Waals surface area contributed by atoms with E-state index in [0.717, 1.165) is 50.0 Å². The highest BCUT2D eigenvalue weighted by atomic mass is 19.3. The summed E-state index contributed by atoms with van der Waals surface area (Å²) in [5, 5.41) is 5.57.